The van der Waals surface area contributed by atoms with Crippen molar-refractivity contribution in [2.24, 2.45) is 10.7 Å². The third kappa shape index (κ3) is 0.737. The van der Waals surface area contributed by atoms with Crippen molar-refractivity contribution in [2.45, 2.75) is 5.54 Å². The standard InChI is InChI=1S/C6H6N2O2/c7-5(10)6(4-9)2-1-3-8-6/h1-4H,(H2,7,10). The summed E-state index contributed by atoms with van der Waals surface area (Å²) in [5, 5.41) is 0. The van der Waals surface area contributed by atoms with Crippen molar-refractivity contribution in [3.63, 3.8) is 0 Å². The minimum absolute atomic E-state index is 0.426. The first-order valence-corrected chi connectivity index (χ1v) is 2.70. The van der Waals surface area contributed by atoms with E-state index in [0.29, 0.717) is 6.29 Å². The predicted molar refractivity (Wildman–Crippen MR) is 35.6 cm³/mol. The maximum absolute atomic E-state index is 10.6. The molecule has 0 spiro atoms. The predicted octanol–water partition coefficient (Wildman–Crippen LogP) is -0.950. The molecule has 0 aromatic heterocycles. The Hall–Kier alpha value is -1.45. The molecule has 52 valence electrons. The van der Waals surface area contributed by atoms with E-state index in [1.807, 2.05) is 0 Å². The third-order valence-corrected chi connectivity index (χ3v) is 1.30. The third-order valence-electron chi connectivity index (χ3n) is 1.30. The van der Waals surface area contributed by atoms with Gasteiger partial charge in [-0.25, -0.2) is 0 Å². The van der Waals surface area contributed by atoms with Crippen molar-refractivity contribution >= 4 is 18.4 Å². The van der Waals surface area contributed by atoms with E-state index in [1.54, 1.807) is 0 Å². The number of carbonyl (C=O) groups excluding carboxylic acids is 2. The number of aldehydes is 1. The fourth-order valence-electron chi connectivity index (χ4n) is 0.673. The van der Waals surface area contributed by atoms with Crippen molar-refractivity contribution < 1.29 is 9.59 Å². The Balaban J connectivity index is 3.01. The molecule has 0 fully saturated rings. The molecule has 4 nitrogen and oxygen atoms in total. The molecule has 0 bridgehead atoms. The Morgan fingerprint density at radius 2 is 2.40 bits per heavy atom. The smallest absolute Gasteiger partial charge is 0.256 e. The molecule has 0 aliphatic carbocycles. The highest BCUT2D eigenvalue weighted by atomic mass is 16.2. The summed E-state index contributed by atoms with van der Waals surface area (Å²) in [5.41, 5.74) is 3.49. The average molecular weight is 138 g/mol. The van der Waals surface area contributed by atoms with Gasteiger partial charge >= 0.3 is 0 Å². The van der Waals surface area contributed by atoms with Gasteiger partial charge in [0.1, 0.15) is 0 Å². The van der Waals surface area contributed by atoms with Gasteiger partial charge in [-0.05, 0) is 12.2 Å². The summed E-state index contributed by atoms with van der Waals surface area (Å²) in [6, 6.07) is 0. The van der Waals surface area contributed by atoms with Gasteiger partial charge in [-0.2, -0.15) is 0 Å². The van der Waals surface area contributed by atoms with Crippen LogP contribution in [0.25, 0.3) is 0 Å². The van der Waals surface area contributed by atoms with E-state index < -0.39 is 11.4 Å². The summed E-state index contributed by atoms with van der Waals surface area (Å²) < 4.78 is 0. The molecule has 0 saturated heterocycles. The average Bonchev–Trinajstić information content (AvgIpc) is 2.35. The van der Waals surface area contributed by atoms with Crippen molar-refractivity contribution in [1.82, 2.24) is 0 Å². The van der Waals surface area contributed by atoms with E-state index in [-0.39, 0.29) is 0 Å². The number of allylic oxidation sites excluding steroid dienone is 1. The number of carbonyl (C=O) groups is 2. The number of amides is 1. The highest BCUT2D eigenvalue weighted by Gasteiger charge is 2.33. The Bertz CT molecular complexity index is 218. The van der Waals surface area contributed by atoms with Crippen LogP contribution in [0.4, 0.5) is 0 Å². The minimum Gasteiger partial charge on any atom is -0.367 e. The van der Waals surface area contributed by atoms with E-state index in [0.717, 1.165) is 0 Å². The van der Waals surface area contributed by atoms with Gasteiger partial charge in [0.05, 0.1) is 0 Å². The van der Waals surface area contributed by atoms with Crippen LogP contribution >= 0.6 is 0 Å². The van der Waals surface area contributed by atoms with E-state index in [4.69, 9.17) is 5.73 Å². The van der Waals surface area contributed by atoms with Crippen molar-refractivity contribution in [3.05, 3.63) is 12.2 Å². The number of nitrogens with two attached hydrogens (primary N) is 1. The number of rotatable bonds is 2. The van der Waals surface area contributed by atoms with Crippen LogP contribution in [-0.4, -0.2) is 23.9 Å². The second kappa shape index (κ2) is 2.06. The van der Waals surface area contributed by atoms with Crippen LogP contribution in [0.1, 0.15) is 0 Å². The van der Waals surface area contributed by atoms with Gasteiger partial charge in [-0.15, -0.1) is 0 Å². The highest BCUT2D eigenvalue weighted by Crippen LogP contribution is 2.12. The van der Waals surface area contributed by atoms with Crippen LogP contribution in [-0.2, 0) is 9.59 Å². The zero-order chi connectivity index (χ0) is 7.61. The van der Waals surface area contributed by atoms with E-state index >= 15 is 0 Å². The van der Waals surface area contributed by atoms with Gasteiger partial charge in [0, 0.05) is 6.21 Å². The normalized spacial score (nSPS) is 28.8. The summed E-state index contributed by atoms with van der Waals surface area (Å²) >= 11 is 0. The molecule has 4 heteroatoms. The molecule has 2 N–H and O–H groups in total. The molecule has 1 unspecified atom stereocenters. The molecule has 1 atom stereocenters. The molecule has 0 aromatic rings. The zero-order valence-corrected chi connectivity index (χ0v) is 5.15. The van der Waals surface area contributed by atoms with Gasteiger partial charge in [0.15, 0.2) is 6.29 Å². The van der Waals surface area contributed by atoms with E-state index in [2.05, 4.69) is 4.99 Å². The summed E-state index contributed by atoms with van der Waals surface area (Å²) in [6.45, 7) is 0. The SMILES string of the molecule is NC(=O)C1(C=O)C=CC=N1. The molecule has 1 heterocycles. The fourth-order valence-corrected chi connectivity index (χ4v) is 0.673. The van der Waals surface area contributed by atoms with Gasteiger partial charge in [-0.1, -0.05) is 0 Å². The molecule has 1 aliphatic heterocycles. The van der Waals surface area contributed by atoms with Crippen LogP contribution in [0.15, 0.2) is 17.1 Å². The number of hydrogen-bond acceptors (Lipinski definition) is 3. The Kier molecular flexibility index (Phi) is 1.37. The Morgan fingerprint density at radius 1 is 1.70 bits per heavy atom. The topological polar surface area (TPSA) is 72.5 Å². The number of primary amides is 1. The molecule has 1 rings (SSSR count). The monoisotopic (exact) mass is 138 g/mol. The number of nitrogens with zero attached hydrogens (tertiary/aromatic N) is 1. The van der Waals surface area contributed by atoms with E-state index in [9.17, 15) is 9.59 Å². The molecular weight excluding hydrogens is 132 g/mol. The highest BCUT2D eigenvalue weighted by molar-refractivity contribution is 6.07. The molecular formula is C6H6N2O2. The Labute approximate surface area is 57.4 Å². The Morgan fingerprint density at radius 3 is 2.60 bits per heavy atom. The fraction of sp³-hybridized carbons (Fsp3) is 0.167. The lowest BCUT2D eigenvalue weighted by molar-refractivity contribution is -0.125. The van der Waals surface area contributed by atoms with Crippen LogP contribution in [0.2, 0.25) is 0 Å². The maximum Gasteiger partial charge on any atom is 0.256 e. The molecule has 0 saturated carbocycles. The first-order valence-electron chi connectivity index (χ1n) is 2.70. The van der Waals surface area contributed by atoms with Crippen molar-refractivity contribution in [1.29, 1.82) is 0 Å². The van der Waals surface area contributed by atoms with Crippen LogP contribution in [0.5, 0.6) is 0 Å². The largest absolute Gasteiger partial charge is 0.367 e. The first-order chi connectivity index (χ1) is 4.71. The first kappa shape index (κ1) is 6.67. The van der Waals surface area contributed by atoms with Crippen molar-refractivity contribution in [3.8, 4) is 0 Å². The number of hydrogen-bond donors (Lipinski definition) is 1. The molecule has 10 heavy (non-hydrogen) atoms. The maximum atomic E-state index is 10.6. The summed E-state index contributed by atoms with van der Waals surface area (Å²) in [6.07, 6.45) is 4.68. The van der Waals surface area contributed by atoms with Gasteiger partial charge in [-0.3, -0.25) is 14.6 Å². The van der Waals surface area contributed by atoms with Crippen LogP contribution < -0.4 is 5.73 Å². The zero-order valence-electron chi connectivity index (χ0n) is 5.15. The second-order valence-electron chi connectivity index (χ2n) is 1.94. The van der Waals surface area contributed by atoms with Crippen LogP contribution in [0.3, 0.4) is 0 Å². The summed E-state index contributed by atoms with van der Waals surface area (Å²) in [5.74, 6) is -0.743. The molecule has 0 aromatic carbocycles. The van der Waals surface area contributed by atoms with Crippen LogP contribution in [0, 0.1) is 0 Å². The lowest BCUT2D eigenvalue weighted by atomic mass is 10.0. The lowest BCUT2D eigenvalue weighted by Gasteiger charge is -2.09. The van der Waals surface area contributed by atoms with E-state index in [1.165, 1.54) is 18.4 Å². The summed E-state index contributed by atoms with van der Waals surface area (Å²) in [7, 11) is 0. The number of aliphatic imine (C=N–C) groups is 1. The van der Waals surface area contributed by atoms with Gasteiger partial charge in [0.25, 0.3) is 5.91 Å². The van der Waals surface area contributed by atoms with Gasteiger partial charge in [0.2, 0.25) is 5.54 Å². The lowest BCUT2D eigenvalue weighted by Crippen LogP contribution is -2.40. The molecule has 1 aliphatic rings. The van der Waals surface area contributed by atoms with Gasteiger partial charge < -0.3 is 5.73 Å². The quantitative estimate of drug-likeness (QED) is 0.394. The molecule has 1 amide bonds. The summed E-state index contributed by atoms with van der Waals surface area (Å²) in [4.78, 5) is 24.5. The second-order valence-corrected chi connectivity index (χ2v) is 1.94. The van der Waals surface area contributed by atoms with Crippen molar-refractivity contribution in [2.75, 3.05) is 0 Å². The minimum atomic E-state index is -1.42. The molecule has 0 radical (unpaired) electrons.